The maximum absolute atomic E-state index is 12.6. The van der Waals surface area contributed by atoms with Crippen LogP contribution in [0.15, 0.2) is 47.7 Å². The highest BCUT2D eigenvalue weighted by molar-refractivity contribution is 9.10. The van der Waals surface area contributed by atoms with Crippen LogP contribution in [0.4, 0.5) is 10.5 Å². The van der Waals surface area contributed by atoms with E-state index >= 15 is 0 Å². The monoisotopic (exact) mass is 589 g/mol. The molecule has 1 aromatic carbocycles. The van der Waals surface area contributed by atoms with E-state index in [0.29, 0.717) is 34.2 Å². The van der Waals surface area contributed by atoms with Crippen molar-refractivity contribution < 1.29 is 14.3 Å². The number of urea groups is 1. The third-order valence-electron chi connectivity index (χ3n) is 4.80. The summed E-state index contributed by atoms with van der Waals surface area (Å²) < 4.78 is 8.71. The molecule has 8 nitrogen and oxygen atoms in total. The van der Waals surface area contributed by atoms with Crippen LogP contribution < -0.4 is 20.3 Å². The van der Waals surface area contributed by atoms with Gasteiger partial charge in [0.2, 0.25) is 5.91 Å². The van der Waals surface area contributed by atoms with Crippen molar-refractivity contribution in [1.82, 2.24) is 20.0 Å². The van der Waals surface area contributed by atoms with Crippen LogP contribution in [0.2, 0.25) is 10.0 Å². The van der Waals surface area contributed by atoms with Crippen LogP contribution in [0.5, 0.6) is 5.75 Å². The predicted octanol–water partition coefficient (Wildman–Crippen LogP) is 5.16. The summed E-state index contributed by atoms with van der Waals surface area (Å²) in [6.45, 7) is 5.56. The minimum absolute atomic E-state index is 0. The lowest BCUT2D eigenvalue weighted by atomic mass is 10.2. The van der Waals surface area contributed by atoms with Gasteiger partial charge in [0.25, 0.3) is 0 Å². The molecule has 0 radical (unpaired) electrons. The Morgan fingerprint density at radius 2 is 2.03 bits per heavy atom. The first-order valence-corrected chi connectivity index (χ1v) is 11.4. The van der Waals surface area contributed by atoms with E-state index in [-0.39, 0.29) is 36.5 Å². The number of rotatable bonds is 8. The van der Waals surface area contributed by atoms with Crippen LogP contribution in [0, 0.1) is 6.92 Å². The molecule has 0 spiro atoms. The van der Waals surface area contributed by atoms with Crippen molar-refractivity contribution in [1.29, 1.82) is 0 Å². The van der Waals surface area contributed by atoms with Gasteiger partial charge < -0.3 is 20.3 Å². The lowest BCUT2D eigenvalue weighted by molar-refractivity contribution is -0.117. The highest BCUT2D eigenvalue weighted by Crippen LogP contribution is 2.35. The summed E-state index contributed by atoms with van der Waals surface area (Å²) in [7, 11) is 1.57. The maximum atomic E-state index is 12.6. The Balaban J connectivity index is 0.00000408. The molecule has 0 fully saturated rings. The lowest BCUT2D eigenvalue weighted by Gasteiger charge is -2.21. The number of carbonyl (C=O) groups is 2. The Morgan fingerprint density at radius 1 is 1.29 bits per heavy atom. The molecule has 12 heteroatoms. The minimum Gasteiger partial charge on any atom is -0.485 e. The fourth-order valence-electron chi connectivity index (χ4n) is 3.00. The van der Waals surface area contributed by atoms with Gasteiger partial charge in [-0.2, -0.15) is 0 Å². The fraction of sp³-hybridized carbons (Fsp3) is 0.227. The SMILES string of the molecule is C=CCNC(=O)NCC(=O)N(C)c1ccc(Cl)c(COc2cccn3c(Br)c(C)nc23)c1Cl.Cl. The number of halogens is 4. The molecule has 182 valence electrons. The number of aryl methyl sites for hydroxylation is 1. The molecule has 0 atom stereocenters. The van der Waals surface area contributed by atoms with Crippen molar-refractivity contribution in [2.24, 2.45) is 0 Å². The van der Waals surface area contributed by atoms with Crippen molar-refractivity contribution in [3.8, 4) is 5.75 Å². The second-order valence-corrected chi connectivity index (χ2v) is 8.54. The lowest BCUT2D eigenvalue weighted by Crippen LogP contribution is -2.42. The van der Waals surface area contributed by atoms with E-state index in [1.54, 1.807) is 25.2 Å². The number of pyridine rings is 1. The molecule has 0 aliphatic rings. The van der Waals surface area contributed by atoms with E-state index in [1.807, 2.05) is 23.6 Å². The van der Waals surface area contributed by atoms with Crippen molar-refractivity contribution in [2.45, 2.75) is 13.5 Å². The maximum Gasteiger partial charge on any atom is 0.315 e. The number of imidazole rings is 1. The number of likely N-dealkylation sites (N-methyl/N-ethyl adjacent to an activating group) is 1. The van der Waals surface area contributed by atoms with E-state index in [9.17, 15) is 9.59 Å². The van der Waals surface area contributed by atoms with Gasteiger partial charge in [0.05, 0.1) is 22.9 Å². The Morgan fingerprint density at radius 3 is 2.74 bits per heavy atom. The van der Waals surface area contributed by atoms with E-state index in [2.05, 4.69) is 38.1 Å². The van der Waals surface area contributed by atoms with E-state index in [4.69, 9.17) is 27.9 Å². The average Bonchev–Trinajstić information content (AvgIpc) is 3.09. The number of aromatic nitrogens is 2. The number of hydrogen-bond acceptors (Lipinski definition) is 4. The van der Waals surface area contributed by atoms with Gasteiger partial charge >= 0.3 is 6.03 Å². The molecule has 0 unspecified atom stereocenters. The molecule has 0 bridgehead atoms. The molecular weight excluding hydrogens is 569 g/mol. The topological polar surface area (TPSA) is 88.0 Å². The minimum atomic E-state index is -0.469. The van der Waals surface area contributed by atoms with Gasteiger partial charge in [0.1, 0.15) is 11.2 Å². The summed E-state index contributed by atoms with van der Waals surface area (Å²) in [5.41, 5.74) is 2.45. The molecule has 0 saturated carbocycles. The Labute approximate surface area is 221 Å². The summed E-state index contributed by atoms with van der Waals surface area (Å²) in [5, 5.41) is 5.70. The van der Waals surface area contributed by atoms with Gasteiger partial charge in [-0.3, -0.25) is 9.20 Å². The first-order chi connectivity index (χ1) is 15.7. The zero-order chi connectivity index (χ0) is 24.1. The Bertz CT molecular complexity index is 1220. The van der Waals surface area contributed by atoms with Crippen LogP contribution in [0.25, 0.3) is 5.65 Å². The van der Waals surface area contributed by atoms with Gasteiger partial charge in [0, 0.05) is 30.4 Å². The van der Waals surface area contributed by atoms with Crippen molar-refractivity contribution >= 4 is 74.8 Å². The summed E-state index contributed by atoms with van der Waals surface area (Å²) in [6, 6.07) is 6.46. The van der Waals surface area contributed by atoms with Gasteiger partial charge in [-0.05, 0) is 47.1 Å². The van der Waals surface area contributed by atoms with Crippen LogP contribution in [-0.4, -0.2) is 41.5 Å². The van der Waals surface area contributed by atoms with E-state index in [1.165, 1.54) is 11.0 Å². The van der Waals surface area contributed by atoms with Gasteiger partial charge in [-0.15, -0.1) is 19.0 Å². The van der Waals surface area contributed by atoms with Crippen molar-refractivity contribution in [2.75, 3.05) is 25.0 Å². The molecule has 34 heavy (non-hydrogen) atoms. The standard InChI is InChI=1S/C22H22BrCl2N5O3.ClH/c1-4-9-26-22(32)27-11-18(31)29(3)16-8-7-15(24)14(19(16)25)12-33-17-6-5-10-30-20(23)13(2)28-21(17)30;/h4-8,10H,1,9,11-12H2,2-3H3,(H2,26,27,32);1H. The number of nitrogens with zero attached hydrogens (tertiary/aromatic N) is 3. The number of hydrogen-bond donors (Lipinski definition) is 2. The van der Waals surface area contributed by atoms with Crippen LogP contribution in [0.3, 0.4) is 0 Å². The largest absolute Gasteiger partial charge is 0.485 e. The molecule has 0 aliphatic carbocycles. The zero-order valence-corrected chi connectivity index (χ0v) is 22.3. The normalized spacial score (nSPS) is 10.4. The third kappa shape index (κ3) is 6.15. The second kappa shape index (κ2) is 12.3. The van der Waals surface area contributed by atoms with Crippen molar-refractivity contribution in [3.05, 3.63) is 69.0 Å². The third-order valence-corrected chi connectivity index (χ3v) is 6.53. The quantitative estimate of drug-likeness (QED) is 0.355. The number of benzene rings is 1. The van der Waals surface area contributed by atoms with E-state index in [0.717, 1.165) is 10.3 Å². The molecule has 0 aliphatic heterocycles. The van der Waals surface area contributed by atoms with Gasteiger partial charge in [-0.1, -0.05) is 29.3 Å². The highest BCUT2D eigenvalue weighted by Gasteiger charge is 2.20. The summed E-state index contributed by atoms with van der Waals surface area (Å²) >= 11 is 16.5. The first-order valence-electron chi connectivity index (χ1n) is 9.86. The molecular formula is C22H23BrCl3N5O3. The van der Waals surface area contributed by atoms with E-state index < -0.39 is 6.03 Å². The molecule has 2 N–H and O–H groups in total. The van der Waals surface area contributed by atoms with Crippen LogP contribution in [-0.2, 0) is 11.4 Å². The molecule has 3 amide bonds. The van der Waals surface area contributed by atoms with Crippen LogP contribution in [0.1, 0.15) is 11.3 Å². The predicted molar refractivity (Wildman–Crippen MR) is 141 cm³/mol. The Kier molecular flexibility index (Phi) is 10.1. The summed E-state index contributed by atoms with van der Waals surface area (Å²) in [4.78, 5) is 30.1. The molecule has 3 aromatic rings. The number of carbonyl (C=O) groups excluding carboxylic acids is 2. The molecule has 2 aromatic heterocycles. The van der Waals surface area contributed by atoms with Gasteiger partial charge in [0.15, 0.2) is 11.4 Å². The number of ether oxygens (including phenoxy) is 1. The fourth-order valence-corrected chi connectivity index (χ4v) is 3.98. The molecule has 2 heterocycles. The zero-order valence-electron chi connectivity index (χ0n) is 18.4. The highest BCUT2D eigenvalue weighted by atomic mass is 79.9. The smallest absolute Gasteiger partial charge is 0.315 e. The number of anilines is 1. The molecule has 3 rings (SSSR count). The average molecular weight is 592 g/mol. The van der Waals surface area contributed by atoms with Gasteiger partial charge in [-0.25, -0.2) is 9.78 Å². The van der Waals surface area contributed by atoms with Crippen molar-refractivity contribution in [3.63, 3.8) is 0 Å². The Hall–Kier alpha value is -2.46. The first kappa shape index (κ1) is 27.8. The summed E-state index contributed by atoms with van der Waals surface area (Å²) in [5.74, 6) is 0.199. The number of fused-ring (bicyclic) bond motifs is 1. The summed E-state index contributed by atoms with van der Waals surface area (Å²) in [6.07, 6.45) is 3.41. The van der Waals surface area contributed by atoms with Crippen LogP contribution >= 0.6 is 51.5 Å². The number of nitrogens with one attached hydrogen (secondary N) is 2. The number of amides is 3. The second-order valence-electron chi connectivity index (χ2n) is 7.01. The molecule has 0 saturated heterocycles.